The predicted molar refractivity (Wildman–Crippen MR) is 92.3 cm³/mol. The van der Waals surface area contributed by atoms with Crippen LogP contribution >= 0.6 is 12.4 Å². The first-order chi connectivity index (χ1) is 10.8. The summed E-state index contributed by atoms with van der Waals surface area (Å²) in [6.07, 6.45) is 4.11. The van der Waals surface area contributed by atoms with Crippen LogP contribution in [0.4, 0.5) is 0 Å². The van der Waals surface area contributed by atoms with Crippen molar-refractivity contribution in [1.82, 2.24) is 10.6 Å². The average molecular weight is 339 g/mol. The molecule has 6 heteroatoms. The van der Waals surface area contributed by atoms with Crippen LogP contribution in [0.3, 0.4) is 0 Å². The van der Waals surface area contributed by atoms with Gasteiger partial charge in [0.2, 0.25) is 0 Å². The normalized spacial score (nSPS) is 19.0. The van der Waals surface area contributed by atoms with E-state index in [2.05, 4.69) is 10.6 Å². The lowest BCUT2D eigenvalue weighted by atomic mass is 10.0. The maximum Gasteiger partial charge on any atom is 0.250 e. The van der Waals surface area contributed by atoms with Gasteiger partial charge in [-0.15, -0.1) is 12.4 Å². The lowest BCUT2D eigenvalue weighted by molar-refractivity contribution is -0.117. The number of fused-ring (bicyclic) bond motifs is 1. The maximum absolute atomic E-state index is 12.2. The third kappa shape index (κ3) is 4.39. The summed E-state index contributed by atoms with van der Waals surface area (Å²) in [5, 5.41) is 6.33. The van der Waals surface area contributed by atoms with Crippen LogP contribution in [0.5, 0.6) is 11.5 Å². The van der Waals surface area contributed by atoms with Crippen molar-refractivity contribution in [2.45, 2.75) is 12.8 Å². The van der Waals surface area contributed by atoms with E-state index in [1.807, 2.05) is 24.3 Å². The zero-order valence-electron chi connectivity index (χ0n) is 13.3. The van der Waals surface area contributed by atoms with Gasteiger partial charge in [0.05, 0.1) is 12.7 Å². The minimum absolute atomic E-state index is 0. The molecule has 2 heterocycles. The van der Waals surface area contributed by atoms with Gasteiger partial charge in [-0.25, -0.2) is 0 Å². The lowest BCUT2D eigenvalue weighted by Gasteiger charge is -2.18. The number of hydrogen-bond donors (Lipinski definition) is 2. The molecule has 1 aromatic carbocycles. The van der Waals surface area contributed by atoms with E-state index in [1.165, 1.54) is 6.42 Å². The molecule has 126 valence electrons. The number of methoxy groups -OCH3 is 1. The van der Waals surface area contributed by atoms with Crippen LogP contribution in [0, 0.1) is 5.92 Å². The number of nitrogens with one attached hydrogen (secondary N) is 2. The fourth-order valence-corrected chi connectivity index (χ4v) is 2.88. The second kappa shape index (κ2) is 8.22. The fraction of sp³-hybridized carbons (Fsp3) is 0.471. The molecule has 0 aliphatic carbocycles. The molecule has 3 rings (SSSR count). The van der Waals surface area contributed by atoms with Crippen molar-refractivity contribution in [2.75, 3.05) is 33.4 Å². The number of benzene rings is 1. The second-order valence-electron chi connectivity index (χ2n) is 5.77. The van der Waals surface area contributed by atoms with E-state index < -0.39 is 0 Å². The van der Waals surface area contributed by atoms with Crippen molar-refractivity contribution in [2.24, 2.45) is 5.92 Å². The Kier molecular flexibility index (Phi) is 6.30. The molecule has 1 unspecified atom stereocenters. The summed E-state index contributed by atoms with van der Waals surface area (Å²) in [5.74, 6) is 2.18. The van der Waals surface area contributed by atoms with E-state index in [0.717, 1.165) is 36.6 Å². The molecule has 2 aliphatic heterocycles. The molecule has 0 spiro atoms. The molecule has 23 heavy (non-hydrogen) atoms. The zero-order valence-corrected chi connectivity index (χ0v) is 14.1. The van der Waals surface area contributed by atoms with Crippen molar-refractivity contribution in [1.29, 1.82) is 0 Å². The van der Waals surface area contributed by atoms with Gasteiger partial charge in [-0.05, 0) is 56.1 Å². The Morgan fingerprint density at radius 3 is 3.09 bits per heavy atom. The number of rotatable bonds is 5. The largest absolute Gasteiger partial charge is 0.497 e. The van der Waals surface area contributed by atoms with Crippen molar-refractivity contribution in [3.05, 3.63) is 29.3 Å². The molecule has 1 fully saturated rings. The van der Waals surface area contributed by atoms with Gasteiger partial charge in [-0.1, -0.05) is 0 Å². The predicted octanol–water partition coefficient (Wildman–Crippen LogP) is 2.01. The Labute approximate surface area is 142 Å². The summed E-state index contributed by atoms with van der Waals surface area (Å²) in [4.78, 5) is 12.2. The first-order valence-corrected chi connectivity index (χ1v) is 7.76. The van der Waals surface area contributed by atoms with Crippen LogP contribution < -0.4 is 20.1 Å². The topological polar surface area (TPSA) is 59.6 Å². The monoisotopic (exact) mass is 338 g/mol. The van der Waals surface area contributed by atoms with Gasteiger partial charge in [0, 0.05) is 12.1 Å². The molecule has 1 aromatic rings. The van der Waals surface area contributed by atoms with Gasteiger partial charge in [-0.2, -0.15) is 0 Å². The van der Waals surface area contributed by atoms with Gasteiger partial charge >= 0.3 is 0 Å². The highest BCUT2D eigenvalue weighted by molar-refractivity contribution is 5.99. The summed E-state index contributed by atoms with van der Waals surface area (Å²) in [6, 6.07) is 5.60. The summed E-state index contributed by atoms with van der Waals surface area (Å²) < 4.78 is 10.8. The van der Waals surface area contributed by atoms with E-state index >= 15 is 0 Å². The number of amides is 1. The second-order valence-corrected chi connectivity index (χ2v) is 5.77. The molecule has 5 nitrogen and oxygen atoms in total. The summed E-state index contributed by atoms with van der Waals surface area (Å²) in [5.41, 5.74) is 1.54. The molecule has 1 amide bonds. The van der Waals surface area contributed by atoms with Crippen LogP contribution in [-0.4, -0.2) is 39.3 Å². The van der Waals surface area contributed by atoms with E-state index in [4.69, 9.17) is 9.47 Å². The molecule has 1 saturated heterocycles. The molecule has 0 bridgehead atoms. The van der Waals surface area contributed by atoms with Gasteiger partial charge in [0.25, 0.3) is 5.91 Å². The molecule has 1 atom stereocenters. The molecule has 0 aromatic heterocycles. The smallest absolute Gasteiger partial charge is 0.250 e. The Morgan fingerprint density at radius 1 is 1.48 bits per heavy atom. The fourth-order valence-electron chi connectivity index (χ4n) is 2.88. The van der Waals surface area contributed by atoms with E-state index in [1.54, 1.807) is 7.11 Å². The quantitative estimate of drug-likeness (QED) is 0.862. The first kappa shape index (κ1) is 17.6. The number of carbonyl (C=O) groups is 1. The standard InChI is InChI=1S/C17H22N2O3.ClH/c1-21-15-2-3-16-13(9-15)8-14(11-22-16)17(20)19-7-5-12-4-6-18-10-12;/h2-3,8-9,12,18H,4-7,10-11H2,1H3,(H,19,20);1H. The van der Waals surface area contributed by atoms with E-state index in [9.17, 15) is 4.79 Å². The summed E-state index contributed by atoms with van der Waals surface area (Å²) in [6.45, 7) is 3.19. The van der Waals surface area contributed by atoms with Crippen molar-refractivity contribution >= 4 is 24.4 Å². The van der Waals surface area contributed by atoms with Crippen LogP contribution in [0.2, 0.25) is 0 Å². The first-order valence-electron chi connectivity index (χ1n) is 7.76. The van der Waals surface area contributed by atoms with Crippen LogP contribution in [0.25, 0.3) is 6.08 Å². The number of hydrogen-bond acceptors (Lipinski definition) is 4. The lowest BCUT2D eigenvalue weighted by Crippen LogP contribution is -2.30. The van der Waals surface area contributed by atoms with Crippen LogP contribution in [0.1, 0.15) is 18.4 Å². The van der Waals surface area contributed by atoms with Gasteiger partial charge < -0.3 is 20.1 Å². The Balaban J connectivity index is 0.00000192. The van der Waals surface area contributed by atoms with E-state index in [-0.39, 0.29) is 18.3 Å². The average Bonchev–Trinajstić information content (AvgIpc) is 3.07. The minimum atomic E-state index is -0.0422. The van der Waals surface area contributed by atoms with Crippen molar-refractivity contribution < 1.29 is 14.3 Å². The highest BCUT2D eigenvalue weighted by atomic mass is 35.5. The van der Waals surface area contributed by atoms with Gasteiger partial charge in [0.1, 0.15) is 18.1 Å². The Hall–Kier alpha value is -1.72. The molecule has 2 aliphatic rings. The Bertz CT molecular complexity index is 583. The van der Waals surface area contributed by atoms with Crippen LogP contribution in [-0.2, 0) is 4.79 Å². The van der Waals surface area contributed by atoms with Crippen molar-refractivity contribution in [3.63, 3.8) is 0 Å². The molecule has 0 radical (unpaired) electrons. The number of ether oxygens (including phenoxy) is 2. The SMILES string of the molecule is COc1ccc2c(c1)C=C(C(=O)NCCC1CCNC1)CO2.Cl. The van der Waals surface area contributed by atoms with E-state index in [0.29, 0.717) is 24.6 Å². The highest BCUT2D eigenvalue weighted by Crippen LogP contribution is 2.29. The highest BCUT2D eigenvalue weighted by Gasteiger charge is 2.19. The number of carbonyl (C=O) groups excluding carboxylic acids is 1. The third-order valence-corrected chi connectivity index (χ3v) is 4.22. The Morgan fingerprint density at radius 2 is 2.35 bits per heavy atom. The van der Waals surface area contributed by atoms with Gasteiger partial charge in [0.15, 0.2) is 0 Å². The molecular formula is C17H23ClN2O3. The van der Waals surface area contributed by atoms with Gasteiger partial charge in [-0.3, -0.25) is 4.79 Å². The summed E-state index contributed by atoms with van der Waals surface area (Å²) >= 11 is 0. The molecule has 2 N–H and O–H groups in total. The summed E-state index contributed by atoms with van der Waals surface area (Å²) in [7, 11) is 1.63. The number of halogens is 1. The molecule has 0 saturated carbocycles. The third-order valence-electron chi connectivity index (χ3n) is 4.22. The maximum atomic E-state index is 12.2. The minimum Gasteiger partial charge on any atom is -0.497 e. The molecular weight excluding hydrogens is 316 g/mol. The van der Waals surface area contributed by atoms with Crippen molar-refractivity contribution in [3.8, 4) is 11.5 Å². The van der Waals surface area contributed by atoms with Crippen LogP contribution in [0.15, 0.2) is 23.8 Å². The zero-order chi connectivity index (χ0) is 15.4.